The first-order valence-corrected chi connectivity index (χ1v) is 10.9. The molecule has 2 atom stereocenters. The van der Waals surface area contributed by atoms with E-state index < -0.39 is 0 Å². The molecule has 2 unspecified atom stereocenters. The predicted octanol–water partition coefficient (Wildman–Crippen LogP) is 5.99. The Hall–Kier alpha value is -2.33. The number of hydrogen-bond donors (Lipinski definition) is 1. The van der Waals surface area contributed by atoms with Crippen molar-refractivity contribution in [2.24, 2.45) is 5.92 Å². The molecule has 1 aromatic carbocycles. The van der Waals surface area contributed by atoms with E-state index in [1.165, 1.54) is 10.4 Å². The Morgan fingerprint density at radius 2 is 1.93 bits per heavy atom. The van der Waals surface area contributed by atoms with Gasteiger partial charge in [-0.1, -0.05) is 37.3 Å². The van der Waals surface area contributed by atoms with E-state index in [0.29, 0.717) is 17.2 Å². The van der Waals surface area contributed by atoms with Crippen LogP contribution in [0.2, 0.25) is 0 Å². The molecule has 1 aliphatic rings. The minimum atomic E-state index is -0.385. The topological polar surface area (TPSA) is 50.4 Å². The first-order chi connectivity index (χ1) is 13.6. The van der Waals surface area contributed by atoms with Crippen LogP contribution in [-0.4, -0.2) is 5.11 Å². The van der Waals surface area contributed by atoms with Crippen LogP contribution in [0.15, 0.2) is 57.7 Å². The Labute approximate surface area is 169 Å². The molecule has 0 amide bonds. The van der Waals surface area contributed by atoms with Crippen LogP contribution in [0.3, 0.4) is 0 Å². The first kappa shape index (κ1) is 19.0. The average Bonchev–Trinajstić information content (AvgIpc) is 3.43. The number of aromatic hydroxyl groups is 1. The highest BCUT2D eigenvalue weighted by molar-refractivity contribution is 7.12. The van der Waals surface area contributed by atoms with Crippen molar-refractivity contribution in [1.29, 1.82) is 0 Å². The summed E-state index contributed by atoms with van der Waals surface area (Å²) in [6, 6.07) is 16.0. The second kappa shape index (κ2) is 7.96. The van der Waals surface area contributed by atoms with Gasteiger partial charge in [0.25, 0.3) is 0 Å². The molecule has 3 nitrogen and oxygen atoms in total. The number of rotatable bonds is 7. The molecule has 1 aliphatic carbocycles. The van der Waals surface area contributed by atoms with Crippen LogP contribution >= 0.6 is 11.3 Å². The molecule has 4 rings (SSSR count). The van der Waals surface area contributed by atoms with Crippen molar-refractivity contribution in [2.45, 2.75) is 51.4 Å². The summed E-state index contributed by atoms with van der Waals surface area (Å²) in [6.07, 6.45) is 3.81. The van der Waals surface area contributed by atoms with E-state index in [2.05, 4.69) is 38.1 Å². The van der Waals surface area contributed by atoms with Gasteiger partial charge in [-0.05, 0) is 56.2 Å². The monoisotopic (exact) mass is 394 g/mol. The van der Waals surface area contributed by atoms with Crippen molar-refractivity contribution >= 4 is 11.3 Å². The van der Waals surface area contributed by atoms with Crippen LogP contribution in [0.4, 0.5) is 0 Å². The number of benzene rings is 1. The fraction of sp³-hybridized carbons (Fsp3) is 0.375. The number of thiophene rings is 1. The zero-order valence-corrected chi connectivity index (χ0v) is 17.2. The zero-order valence-electron chi connectivity index (χ0n) is 16.4. The van der Waals surface area contributed by atoms with E-state index in [0.717, 1.165) is 30.6 Å². The Bertz CT molecular complexity index is 998. The average molecular weight is 395 g/mol. The van der Waals surface area contributed by atoms with Crippen LogP contribution in [0.25, 0.3) is 0 Å². The smallest absolute Gasteiger partial charge is 0.343 e. The van der Waals surface area contributed by atoms with Crippen LogP contribution in [-0.2, 0) is 6.42 Å². The van der Waals surface area contributed by atoms with Gasteiger partial charge < -0.3 is 9.52 Å². The van der Waals surface area contributed by atoms with Crippen molar-refractivity contribution in [3.05, 3.63) is 85.6 Å². The molecule has 0 saturated heterocycles. The molecule has 2 aromatic heterocycles. The van der Waals surface area contributed by atoms with Gasteiger partial charge in [-0.2, -0.15) is 0 Å². The Morgan fingerprint density at radius 3 is 2.50 bits per heavy atom. The van der Waals surface area contributed by atoms with Crippen LogP contribution in [0.5, 0.6) is 5.75 Å². The summed E-state index contributed by atoms with van der Waals surface area (Å²) < 4.78 is 5.79. The lowest BCUT2D eigenvalue weighted by Crippen LogP contribution is -2.17. The van der Waals surface area contributed by atoms with E-state index in [1.54, 1.807) is 17.4 Å². The van der Waals surface area contributed by atoms with Gasteiger partial charge in [-0.15, -0.1) is 11.3 Å². The normalized spacial score (nSPS) is 16.1. The van der Waals surface area contributed by atoms with Crippen LogP contribution in [0, 0.1) is 12.8 Å². The lowest BCUT2D eigenvalue weighted by Gasteiger charge is -2.18. The summed E-state index contributed by atoms with van der Waals surface area (Å²) in [5.41, 5.74) is 1.25. The standard InChI is InChI=1S/C24H26O3S/c1-3-17(13-16-7-5-4-6-8-16)20-14-19(25)23(24(26)27-20)22(18-10-11-18)21-12-9-15(2)28-21/h4-9,12,14,17-18,22,25H,3,10-11,13H2,1-2H3. The van der Waals surface area contributed by atoms with Gasteiger partial charge in [0.1, 0.15) is 11.5 Å². The molecule has 0 radical (unpaired) electrons. The molecule has 0 bridgehead atoms. The van der Waals surface area contributed by atoms with Crippen molar-refractivity contribution in [2.75, 3.05) is 0 Å². The predicted molar refractivity (Wildman–Crippen MR) is 113 cm³/mol. The van der Waals surface area contributed by atoms with E-state index >= 15 is 0 Å². The van der Waals surface area contributed by atoms with Gasteiger partial charge in [0.2, 0.25) is 0 Å². The molecule has 3 aromatic rings. The molecule has 0 spiro atoms. The van der Waals surface area contributed by atoms with E-state index in [-0.39, 0.29) is 23.2 Å². The highest BCUT2D eigenvalue weighted by Crippen LogP contribution is 2.49. The fourth-order valence-electron chi connectivity index (χ4n) is 4.00. The van der Waals surface area contributed by atoms with E-state index in [1.807, 2.05) is 18.2 Å². The Morgan fingerprint density at radius 1 is 1.18 bits per heavy atom. The summed E-state index contributed by atoms with van der Waals surface area (Å²) in [4.78, 5) is 15.3. The summed E-state index contributed by atoms with van der Waals surface area (Å²) in [6.45, 7) is 4.15. The number of hydrogen-bond acceptors (Lipinski definition) is 4. The SMILES string of the molecule is CCC(Cc1ccccc1)c1cc(O)c(C(c2ccc(C)s2)C2CC2)c(=O)o1. The molecule has 1 N–H and O–H groups in total. The highest BCUT2D eigenvalue weighted by Gasteiger charge is 2.38. The van der Waals surface area contributed by atoms with Crippen LogP contribution < -0.4 is 5.63 Å². The molecular weight excluding hydrogens is 368 g/mol. The molecule has 4 heteroatoms. The first-order valence-electron chi connectivity index (χ1n) is 10.0. The van der Waals surface area contributed by atoms with Gasteiger partial charge in [0, 0.05) is 27.7 Å². The maximum atomic E-state index is 13.0. The largest absolute Gasteiger partial charge is 0.507 e. The summed E-state index contributed by atoms with van der Waals surface area (Å²) >= 11 is 1.70. The fourth-order valence-corrected chi connectivity index (χ4v) is 5.08. The minimum Gasteiger partial charge on any atom is -0.507 e. The molecule has 28 heavy (non-hydrogen) atoms. The lowest BCUT2D eigenvalue weighted by molar-refractivity contribution is 0.380. The quantitative estimate of drug-likeness (QED) is 0.535. The summed E-state index contributed by atoms with van der Waals surface area (Å²) in [5.74, 6) is 1.09. The Balaban J connectivity index is 1.68. The second-order valence-corrected chi connectivity index (χ2v) is 9.11. The summed E-state index contributed by atoms with van der Waals surface area (Å²) in [5, 5.41) is 10.8. The third-order valence-electron chi connectivity index (χ3n) is 5.68. The van der Waals surface area contributed by atoms with Gasteiger partial charge in [-0.25, -0.2) is 4.79 Å². The van der Waals surface area contributed by atoms with Gasteiger partial charge in [0.15, 0.2) is 0 Å². The van der Waals surface area contributed by atoms with E-state index in [4.69, 9.17) is 4.42 Å². The van der Waals surface area contributed by atoms with Crippen molar-refractivity contribution in [3.8, 4) is 5.75 Å². The van der Waals surface area contributed by atoms with Gasteiger partial charge >= 0.3 is 5.63 Å². The summed E-state index contributed by atoms with van der Waals surface area (Å²) in [7, 11) is 0. The minimum absolute atomic E-state index is 0.0572. The van der Waals surface area contributed by atoms with E-state index in [9.17, 15) is 9.90 Å². The van der Waals surface area contributed by atoms with Crippen molar-refractivity contribution < 1.29 is 9.52 Å². The van der Waals surface area contributed by atoms with Gasteiger partial charge in [-0.3, -0.25) is 0 Å². The van der Waals surface area contributed by atoms with Crippen molar-refractivity contribution in [3.63, 3.8) is 0 Å². The molecular formula is C24H26O3S. The number of aryl methyl sites for hydroxylation is 1. The highest BCUT2D eigenvalue weighted by atomic mass is 32.1. The maximum absolute atomic E-state index is 13.0. The molecule has 1 fully saturated rings. The third-order valence-corrected chi connectivity index (χ3v) is 6.76. The second-order valence-electron chi connectivity index (χ2n) is 7.79. The zero-order chi connectivity index (χ0) is 19.7. The van der Waals surface area contributed by atoms with Crippen LogP contribution in [0.1, 0.15) is 64.7 Å². The molecule has 1 saturated carbocycles. The molecule has 0 aliphatic heterocycles. The molecule has 2 heterocycles. The van der Waals surface area contributed by atoms with Gasteiger partial charge in [0.05, 0.1) is 5.56 Å². The lowest BCUT2D eigenvalue weighted by atomic mass is 9.90. The molecule has 146 valence electrons. The Kier molecular flexibility index (Phi) is 5.40. The third kappa shape index (κ3) is 3.93. The van der Waals surface area contributed by atoms with Crippen molar-refractivity contribution in [1.82, 2.24) is 0 Å². The maximum Gasteiger partial charge on any atom is 0.343 e.